The first-order valence-corrected chi connectivity index (χ1v) is 9.57. The van der Waals surface area contributed by atoms with Crippen LogP contribution in [0.5, 0.6) is 0 Å². The van der Waals surface area contributed by atoms with Crippen molar-refractivity contribution in [2.75, 3.05) is 7.11 Å². The molecule has 0 fully saturated rings. The highest BCUT2D eigenvalue weighted by Gasteiger charge is 2.43. The molecule has 2 nitrogen and oxygen atoms in total. The molecule has 114 valence electrons. The summed E-state index contributed by atoms with van der Waals surface area (Å²) in [5, 5.41) is 0.937. The van der Waals surface area contributed by atoms with Crippen LogP contribution in [0.4, 0.5) is 0 Å². The van der Waals surface area contributed by atoms with Gasteiger partial charge in [0.2, 0.25) is 0 Å². The molecule has 2 atom stereocenters. The standard InChI is InChI=1S/C19H21O2P/c1-15-13-18(21-2)19(17-11-7-4-8-12-17)22(15,20)14-16-9-5-3-6-10-16/h3-12,15H,13-14H2,1-2H3/t15-,22-/m1/s1. The van der Waals surface area contributed by atoms with E-state index in [9.17, 15) is 4.57 Å². The highest BCUT2D eigenvalue weighted by Crippen LogP contribution is 2.70. The van der Waals surface area contributed by atoms with Gasteiger partial charge in [0.1, 0.15) is 12.9 Å². The third kappa shape index (κ3) is 2.64. The summed E-state index contributed by atoms with van der Waals surface area (Å²) in [6.07, 6.45) is 1.36. The van der Waals surface area contributed by atoms with Crippen LogP contribution in [-0.4, -0.2) is 12.8 Å². The van der Waals surface area contributed by atoms with E-state index in [0.717, 1.165) is 28.6 Å². The molecule has 0 amide bonds. The van der Waals surface area contributed by atoms with E-state index in [-0.39, 0.29) is 5.66 Å². The minimum atomic E-state index is -2.53. The van der Waals surface area contributed by atoms with E-state index in [4.69, 9.17) is 4.74 Å². The molecule has 0 unspecified atom stereocenters. The van der Waals surface area contributed by atoms with E-state index >= 15 is 0 Å². The zero-order valence-corrected chi connectivity index (χ0v) is 13.9. The predicted octanol–water partition coefficient (Wildman–Crippen LogP) is 5.36. The van der Waals surface area contributed by atoms with Gasteiger partial charge < -0.3 is 9.30 Å². The average Bonchev–Trinajstić information content (AvgIpc) is 2.80. The fraction of sp³-hybridized carbons (Fsp3) is 0.263. The highest BCUT2D eigenvalue weighted by atomic mass is 31.2. The first-order valence-electron chi connectivity index (χ1n) is 7.61. The summed E-state index contributed by atoms with van der Waals surface area (Å²) < 4.78 is 19.5. The zero-order valence-electron chi connectivity index (χ0n) is 13.0. The third-order valence-electron chi connectivity index (χ3n) is 4.39. The van der Waals surface area contributed by atoms with Gasteiger partial charge in [-0.15, -0.1) is 0 Å². The maximum atomic E-state index is 13.9. The predicted molar refractivity (Wildman–Crippen MR) is 92.2 cm³/mol. The molecule has 0 bridgehead atoms. The minimum absolute atomic E-state index is 0.123. The first-order chi connectivity index (χ1) is 10.6. The van der Waals surface area contributed by atoms with E-state index in [0.29, 0.717) is 6.16 Å². The Morgan fingerprint density at radius 3 is 2.23 bits per heavy atom. The molecule has 2 aromatic carbocycles. The summed E-state index contributed by atoms with van der Waals surface area (Å²) in [7, 11) is -0.849. The second kappa shape index (κ2) is 6.14. The quantitative estimate of drug-likeness (QED) is 0.711. The molecule has 0 spiro atoms. The molecule has 1 aliphatic heterocycles. The van der Waals surface area contributed by atoms with Crippen molar-refractivity contribution in [3.05, 3.63) is 77.5 Å². The Morgan fingerprint density at radius 1 is 1.05 bits per heavy atom. The monoisotopic (exact) mass is 312 g/mol. The first kappa shape index (κ1) is 15.1. The van der Waals surface area contributed by atoms with Crippen LogP contribution in [0.3, 0.4) is 0 Å². The zero-order chi connectivity index (χ0) is 15.6. The topological polar surface area (TPSA) is 26.3 Å². The molecule has 3 heteroatoms. The van der Waals surface area contributed by atoms with Crippen molar-refractivity contribution >= 4 is 12.5 Å². The van der Waals surface area contributed by atoms with Crippen LogP contribution < -0.4 is 0 Å². The maximum absolute atomic E-state index is 13.9. The average molecular weight is 312 g/mol. The number of hydrogen-bond donors (Lipinski definition) is 0. The van der Waals surface area contributed by atoms with Crippen molar-refractivity contribution in [1.82, 2.24) is 0 Å². The van der Waals surface area contributed by atoms with Gasteiger partial charge >= 0.3 is 0 Å². The highest BCUT2D eigenvalue weighted by molar-refractivity contribution is 7.74. The fourth-order valence-electron chi connectivity index (χ4n) is 3.19. The van der Waals surface area contributed by atoms with Gasteiger partial charge in [-0.2, -0.15) is 0 Å². The van der Waals surface area contributed by atoms with E-state index in [1.165, 1.54) is 0 Å². The van der Waals surface area contributed by atoms with Gasteiger partial charge in [0, 0.05) is 18.2 Å². The van der Waals surface area contributed by atoms with Crippen molar-refractivity contribution in [3.63, 3.8) is 0 Å². The molecule has 0 N–H and O–H groups in total. The van der Waals surface area contributed by atoms with Crippen LogP contribution in [-0.2, 0) is 15.5 Å². The Hall–Kier alpha value is -1.79. The van der Waals surface area contributed by atoms with E-state index in [2.05, 4.69) is 19.1 Å². The lowest BCUT2D eigenvalue weighted by Crippen LogP contribution is -2.01. The fourth-order valence-corrected chi connectivity index (χ4v) is 6.50. The van der Waals surface area contributed by atoms with Crippen molar-refractivity contribution in [1.29, 1.82) is 0 Å². The molecule has 0 saturated heterocycles. The Kier molecular flexibility index (Phi) is 4.22. The molecule has 3 rings (SSSR count). The van der Waals surface area contributed by atoms with Crippen LogP contribution in [0.1, 0.15) is 24.5 Å². The lowest BCUT2D eigenvalue weighted by Gasteiger charge is -2.21. The molecule has 0 saturated carbocycles. The van der Waals surface area contributed by atoms with Gasteiger partial charge in [-0.25, -0.2) is 0 Å². The Bertz CT molecular complexity index is 720. The van der Waals surface area contributed by atoms with Gasteiger partial charge in [-0.3, -0.25) is 0 Å². The van der Waals surface area contributed by atoms with Crippen LogP contribution >= 0.6 is 7.14 Å². The molecular formula is C19H21O2P. The summed E-state index contributed by atoms with van der Waals surface area (Å²) in [6, 6.07) is 20.1. The molecule has 2 aromatic rings. The second-order valence-electron chi connectivity index (χ2n) is 5.83. The summed E-state index contributed by atoms with van der Waals surface area (Å²) in [6.45, 7) is 2.08. The van der Waals surface area contributed by atoms with E-state index in [1.54, 1.807) is 7.11 Å². The normalized spacial score (nSPS) is 24.5. The number of rotatable bonds is 4. The summed E-state index contributed by atoms with van der Waals surface area (Å²) in [5.41, 5.74) is 2.28. The summed E-state index contributed by atoms with van der Waals surface area (Å²) >= 11 is 0. The number of benzene rings is 2. The van der Waals surface area contributed by atoms with E-state index < -0.39 is 7.14 Å². The van der Waals surface area contributed by atoms with Crippen molar-refractivity contribution in [3.8, 4) is 0 Å². The summed E-state index contributed by atoms with van der Waals surface area (Å²) in [4.78, 5) is 0. The molecule has 1 heterocycles. The number of methoxy groups -OCH3 is 1. The summed E-state index contributed by atoms with van der Waals surface area (Å²) in [5.74, 6) is 0.887. The smallest absolute Gasteiger partial charge is 0.126 e. The van der Waals surface area contributed by atoms with Gasteiger partial charge in [-0.05, 0) is 11.1 Å². The minimum Gasteiger partial charge on any atom is -0.500 e. The molecular weight excluding hydrogens is 291 g/mol. The van der Waals surface area contributed by atoms with Crippen LogP contribution in [0, 0.1) is 0 Å². The largest absolute Gasteiger partial charge is 0.500 e. The number of hydrogen-bond acceptors (Lipinski definition) is 2. The van der Waals surface area contributed by atoms with Gasteiger partial charge in [0.15, 0.2) is 0 Å². The lowest BCUT2D eigenvalue weighted by molar-refractivity contribution is 0.283. The van der Waals surface area contributed by atoms with E-state index in [1.807, 2.05) is 48.5 Å². The second-order valence-corrected chi connectivity index (χ2v) is 9.07. The Labute approximate surface area is 132 Å². The van der Waals surface area contributed by atoms with Gasteiger partial charge in [0.25, 0.3) is 0 Å². The van der Waals surface area contributed by atoms with Crippen LogP contribution in [0.25, 0.3) is 5.31 Å². The van der Waals surface area contributed by atoms with Crippen LogP contribution in [0.15, 0.2) is 66.4 Å². The molecule has 0 aromatic heterocycles. The maximum Gasteiger partial charge on any atom is 0.126 e. The van der Waals surface area contributed by atoms with Crippen molar-refractivity contribution in [2.45, 2.75) is 25.2 Å². The molecule has 1 aliphatic rings. The van der Waals surface area contributed by atoms with Crippen molar-refractivity contribution < 1.29 is 9.30 Å². The van der Waals surface area contributed by atoms with Gasteiger partial charge in [0.05, 0.1) is 12.4 Å². The number of allylic oxidation sites excluding steroid dienone is 1. The third-order valence-corrected chi connectivity index (χ3v) is 8.10. The van der Waals surface area contributed by atoms with Crippen LogP contribution in [0.2, 0.25) is 0 Å². The van der Waals surface area contributed by atoms with Gasteiger partial charge in [-0.1, -0.05) is 67.6 Å². The SMILES string of the molecule is COC1=C(c2ccccc2)[P@@](=O)(Cc2ccccc2)[C@H](C)C1. The lowest BCUT2D eigenvalue weighted by atomic mass is 10.1. The Balaban J connectivity index is 2.08. The molecule has 0 aliphatic carbocycles. The molecule has 22 heavy (non-hydrogen) atoms. The Morgan fingerprint density at radius 2 is 1.64 bits per heavy atom. The molecule has 0 radical (unpaired) electrons. The van der Waals surface area contributed by atoms with Crippen molar-refractivity contribution in [2.24, 2.45) is 0 Å². The number of ether oxygens (including phenoxy) is 1.